The Labute approximate surface area is 98.2 Å². The smallest absolute Gasteiger partial charge is 0.330 e. The minimum atomic E-state index is -1.01. The van der Waals surface area contributed by atoms with E-state index in [9.17, 15) is 9.59 Å². The number of hydrogen-bond donors (Lipinski definition) is 1. The Morgan fingerprint density at radius 1 is 1.59 bits per heavy atom. The molecule has 1 aromatic rings. The van der Waals surface area contributed by atoms with Gasteiger partial charge in [0.1, 0.15) is 18.4 Å². The van der Waals surface area contributed by atoms with E-state index >= 15 is 0 Å². The molecule has 90 valence electrons. The molecule has 0 fully saturated rings. The summed E-state index contributed by atoms with van der Waals surface area (Å²) in [6.07, 6.45) is 6.53. The van der Waals surface area contributed by atoms with Crippen LogP contribution in [0.3, 0.4) is 0 Å². The zero-order valence-corrected chi connectivity index (χ0v) is 9.41. The van der Waals surface area contributed by atoms with Gasteiger partial charge in [0.2, 0.25) is 5.91 Å². The number of carbonyl (C=O) groups excluding carboxylic acids is 1. The SMILES string of the molecule is Cc1nccn1CC(=O)N1CC=CC1C(=O)O. The highest BCUT2D eigenvalue weighted by atomic mass is 16.4. The molecule has 1 aromatic heterocycles. The molecule has 1 aliphatic heterocycles. The molecule has 0 spiro atoms. The van der Waals surface area contributed by atoms with Crippen LogP contribution < -0.4 is 0 Å². The molecule has 1 aliphatic rings. The highest BCUT2D eigenvalue weighted by Gasteiger charge is 2.30. The van der Waals surface area contributed by atoms with Gasteiger partial charge in [-0.2, -0.15) is 0 Å². The second kappa shape index (κ2) is 4.40. The fourth-order valence-electron chi connectivity index (χ4n) is 1.80. The third-order valence-electron chi connectivity index (χ3n) is 2.76. The summed E-state index contributed by atoms with van der Waals surface area (Å²) in [6, 6.07) is -0.841. The molecule has 6 heteroatoms. The molecule has 0 aromatic carbocycles. The van der Waals surface area contributed by atoms with E-state index in [1.165, 1.54) is 11.0 Å². The fourth-order valence-corrected chi connectivity index (χ4v) is 1.80. The maximum atomic E-state index is 12.0. The first kappa shape index (κ1) is 11.4. The molecule has 17 heavy (non-hydrogen) atoms. The zero-order chi connectivity index (χ0) is 12.4. The van der Waals surface area contributed by atoms with Gasteiger partial charge in [0.15, 0.2) is 0 Å². The number of aliphatic carboxylic acids is 1. The van der Waals surface area contributed by atoms with Crippen LogP contribution in [0, 0.1) is 6.92 Å². The lowest BCUT2D eigenvalue weighted by molar-refractivity contribution is -0.147. The molecular formula is C11H13N3O3. The summed E-state index contributed by atoms with van der Waals surface area (Å²) in [5.41, 5.74) is 0. The molecule has 0 saturated heterocycles. The molecule has 6 nitrogen and oxygen atoms in total. The highest BCUT2D eigenvalue weighted by molar-refractivity contribution is 5.86. The third kappa shape index (κ3) is 2.20. The van der Waals surface area contributed by atoms with E-state index in [-0.39, 0.29) is 12.5 Å². The van der Waals surface area contributed by atoms with Crippen molar-refractivity contribution in [2.45, 2.75) is 19.5 Å². The number of carbonyl (C=O) groups is 2. The van der Waals surface area contributed by atoms with Gasteiger partial charge in [-0.25, -0.2) is 9.78 Å². The van der Waals surface area contributed by atoms with E-state index in [2.05, 4.69) is 4.98 Å². The lowest BCUT2D eigenvalue weighted by atomic mass is 10.3. The second-order valence-corrected chi connectivity index (χ2v) is 3.86. The van der Waals surface area contributed by atoms with Crippen LogP contribution in [0.25, 0.3) is 0 Å². The topological polar surface area (TPSA) is 75.4 Å². The van der Waals surface area contributed by atoms with E-state index in [4.69, 9.17) is 5.11 Å². The number of hydrogen-bond acceptors (Lipinski definition) is 3. The standard InChI is InChI=1S/C11H13N3O3/c1-8-12-4-6-13(8)7-10(15)14-5-2-3-9(14)11(16)17/h2-4,6,9H,5,7H2,1H3,(H,16,17). The van der Waals surface area contributed by atoms with Gasteiger partial charge >= 0.3 is 5.97 Å². The Morgan fingerprint density at radius 2 is 2.35 bits per heavy atom. The van der Waals surface area contributed by atoms with Crippen molar-refractivity contribution in [1.82, 2.24) is 14.5 Å². The molecule has 0 bridgehead atoms. The first-order valence-electron chi connectivity index (χ1n) is 5.26. The lowest BCUT2D eigenvalue weighted by Gasteiger charge is -2.21. The van der Waals surface area contributed by atoms with Crippen LogP contribution in [0.4, 0.5) is 0 Å². The van der Waals surface area contributed by atoms with Crippen molar-refractivity contribution in [2.75, 3.05) is 6.54 Å². The Morgan fingerprint density at radius 3 is 2.94 bits per heavy atom. The summed E-state index contributed by atoms with van der Waals surface area (Å²) < 4.78 is 1.69. The first-order valence-corrected chi connectivity index (χ1v) is 5.26. The molecule has 1 atom stereocenters. The van der Waals surface area contributed by atoms with Crippen molar-refractivity contribution in [3.8, 4) is 0 Å². The molecule has 2 rings (SSSR count). The lowest BCUT2D eigenvalue weighted by Crippen LogP contribution is -2.42. The molecule has 1 unspecified atom stereocenters. The average Bonchev–Trinajstić information content (AvgIpc) is 2.87. The van der Waals surface area contributed by atoms with Crippen molar-refractivity contribution >= 4 is 11.9 Å². The van der Waals surface area contributed by atoms with E-state index in [1.807, 2.05) is 0 Å². The number of amides is 1. The number of carboxylic acid groups (broad SMARTS) is 1. The van der Waals surface area contributed by atoms with Gasteiger partial charge in [-0.3, -0.25) is 4.79 Å². The Bertz CT molecular complexity index is 478. The fraction of sp³-hybridized carbons (Fsp3) is 0.364. The van der Waals surface area contributed by atoms with Gasteiger partial charge in [-0.15, -0.1) is 0 Å². The van der Waals surface area contributed by atoms with Crippen LogP contribution in [0.1, 0.15) is 5.82 Å². The molecule has 1 N–H and O–H groups in total. The molecule has 2 heterocycles. The van der Waals surface area contributed by atoms with Gasteiger partial charge in [-0.1, -0.05) is 12.2 Å². The summed E-state index contributed by atoms with van der Waals surface area (Å²) >= 11 is 0. The van der Waals surface area contributed by atoms with Crippen molar-refractivity contribution in [3.05, 3.63) is 30.4 Å². The summed E-state index contributed by atoms with van der Waals surface area (Å²) in [5, 5.41) is 8.95. The predicted octanol–water partition coefficient (Wildman–Crippen LogP) is 0.0431. The quantitative estimate of drug-likeness (QED) is 0.751. The molecule has 0 radical (unpaired) electrons. The van der Waals surface area contributed by atoms with Crippen LogP contribution in [-0.4, -0.2) is 44.0 Å². The number of aryl methyl sites for hydroxylation is 1. The van der Waals surface area contributed by atoms with Gasteiger partial charge in [0.25, 0.3) is 0 Å². The number of rotatable bonds is 3. The molecule has 0 aliphatic carbocycles. The number of aromatic nitrogens is 2. The van der Waals surface area contributed by atoms with Gasteiger partial charge in [-0.05, 0) is 6.92 Å². The minimum absolute atomic E-state index is 0.122. The van der Waals surface area contributed by atoms with Gasteiger partial charge in [0, 0.05) is 18.9 Å². The summed E-state index contributed by atoms with van der Waals surface area (Å²) in [6.45, 7) is 2.27. The van der Waals surface area contributed by atoms with Crippen molar-refractivity contribution in [3.63, 3.8) is 0 Å². The largest absolute Gasteiger partial charge is 0.479 e. The van der Waals surface area contributed by atoms with Crippen LogP contribution in [0.5, 0.6) is 0 Å². The molecule has 1 amide bonds. The average molecular weight is 235 g/mol. The number of nitrogens with zero attached hydrogens (tertiary/aromatic N) is 3. The van der Waals surface area contributed by atoms with Crippen LogP contribution in [0.2, 0.25) is 0 Å². The highest BCUT2D eigenvalue weighted by Crippen LogP contribution is 2.11. The second-order valence-electron chi connectivity index (χ2n) is 3.86. The van der Waals surface area contributed by atoms with Crippen molar-refractivity contribution in [1.29, 1.82) is 0 Å². The van der Waals surface area contributed by atoms with Crippen molar-refractivity contribution < 1.29 is 14.7 Å². The van der Waals surface area contributed by atoms with Crippen molar-refractivity contribution in [2.24, 2.45) is 0 Å². The molecule has 0 saturated carbocycles. The normalized spacial score (nSPS) is 18.6. The van der Waals surface area contributed by atoms with E-state index < -0.39 is 12.0 Å². The number of imidazole rings is 1. The maximum Gasteiger partial charge on any atom is 0.330 e. The van der Waals surface area contributed by atoms with Gasteiger partial charge < -0.3 is 14.6 Å². The first-order chi connectivity index (χ1) is 8.09. The van der Waals surface area contributed by atoms with E-state index in [0.29, 0.717) is 6.54 Å². The number of carboxylic acids is 1. The van der Waals surface area contributed by atoms with Crippen LogP contribution >= 0.6 is 0 Å². The maximum absolute atomic E-state index is 12.0. The predicted molar refractivity (Wildman–Crippen MR) is 59.2 cm³/mol. The summed E-state index contributed by atoms with van der Waals surface area (Å²) in [4.78, 5) is 28.2. The zero-order valence-electron chi connectivity index (χ0n) is 9.41. The monoisotopic (exact) mass is 235 g/mol. The Kier molecular flexibility index (Phi) is 2.95. The van der Waals surface area contributed by atoms with Crippen LogP contribution in [-0.2, 0) is 16.1 Å². The van der Waals surface area contributed by atoms with Crippen LogP contribution in [0.15, 0.2) is 24.5 Å². The minimum Gasteiger partial charge on any atom is -0.479 e. The van der Waals surface area contributed by atoms with Gasteiger partial charge in [0.05, 0.1) is 0 Å². The molecular weight excluding hydrogens is 222 g/mol. The van der Waals surface area contributed by atoms with E-state index in [1.54, 1.807) is 30.0 Å². The third-order valence-corrected chi connectivity index (χ3v) is 2.76. The van der Waals surface area contributed by atoms with E-state index in [0.717, 1.165) is 5.82 Å². The summed E-state index contributed by atoms with van der Waals surface area (Å²) in [5.74, 6) is -0.490. The Balaban J connectivity index is 2.06. The summed E-state index contributed by atoms with van der Waals surface area (Å²) in [7, 11) is 0. The Hall–Kier alpha value is -2.11.